The maximum absolute atomic E-state index is 13.6. The third kappa shape index (κ3) is 7.78. The van der Waals surface area contributed by atoms with E-state index >= 15 is 0 Å². The lowest BCUT2D eigenvalue weighted by atomic mass is 9.87. The summed E-state index contributed by atoms with van der Waals surface area (Å²) in [7, 11) is 0. The lowest BCUT2D eigenvalue weighted by Crippen LogP contribution is -2.65. The van der Waals surface area contributed by atoms with Crippen LogP contribution in [-0.4, -0.2) is 64.8 Å². The summed E-state index contributed by atoms with van der Waals surface area (Å²) in [6.07, 6.45) is 1.04. The molecular weight excluding hydrogens is 573 g/mol. The molecule has 1 aromatic carbocycles. The number of hydrogen-bond acceptors (Lipinski definition) is 9. The number of nitrogens with zero attached hydrogens (tertiary/aromatic N) is 2. The number of carbonyl (C=O) groups is 4. The highest BCUT2D eigenvalue weighted by Crippen LogP contribution is 2.34. The molecule has 0 spiro atoms. The molecule has 1 aliphatic rings. The van der Waals surface area contributed by atoms with Crippen LogP contribution >= 0.6 is 0 Å². The molecule has 0 aliphatic heterocycles. The number of aromatic amines is 1. The van der Waals surface area contributed by atoms with E-state index in [4.69, 9.17) is 9.47 Å². The largest absolute Gasteiger partial charge is 0.491 e. The predicted octanol–water partition coefficient (Wildman–Crippen LogP) is 3.07. The van der Waals surface area contributed by atoms with Gasteiger partial charge in [-0.2, -0.15) is 18.3 Å². The smallest absolute Gasteiger partial charge is 0.464 e. The Hall–Kier alpha value is -4.69. The van der Waals surface area contributed by atoms with Crippen LogP contribution in [0.15, 0.2) is 48.8 Å². The first-order valence-corrected chi connectivity index (χ1v) is 13.7. The van der Waals surface area contributed by atoms with Crippen LogP contribution in [0.4, 0.5) is 19.0 Å². The van der Waals surface area contributed by atoms with E-state index in [0.717, 1.165) is 19.3 Å². The van der Waals surface area contributed by atoms with Crippen molar-refractivity contribution >= 4 is 41.0 Å². The first-order valence-electron chi connectivity index (χ1n) is 13.7. The second-order valence-corrected chi connectivity index (χ2v) is 10.00. The third-order valence-corrected chi connectivity index (χ3v) is 7.07. The van der Waals surface area contributed by atoms with E-state index in [1.54, 1.807) is 24.4 Å². The van der Waals surface area contributed by atoms with Crippen LogP contribution in [-0.2, 0) is 34.4 Å². The van der Waals surface area contributed by atoms with Gasteiger partial charge in [0, 0.05) is 29.6 Å². The van der Waals surface area contributed by atoms with Crippen LogP contribution in [0.2, 0.25) is 0 Å². The van der Waals surface area contributed by atoms with Crippen molar-refractivity contribution in [3.8, 4) is 0 Å². The molecule has 2 aromatic heterocycles. The minimum atomic E-state index is -5.51. The fourth-order valence-corrected chi connectivity index (χ4v) is 4.91. The summed E-state index contributed by atoms with van der Waals surface area (Å²) in [5.74, 6) is -4.54. The quantitative estimate of drug-likeness (QED) is 0.0993. The van der Waals surface area contributed by atoms with Gasteiger partial charge in [-0.3, -0.25) is 14.7 Å². The molecule has 2 heterocycles. The maximum Gasteiger partial charge on any atom is 0.491 e. The predicted molar refractivity (Wildman–Crippen MR) is 146 cm³/mol. The molecule has 12 nitrogen and oxygen atoms in total. The van der Waals surface area contributed by atoms with E-state index in [9.17, 15) is 32.3 Å². The fourth-order valence-electron chi connectivity index (χ4n) is 4.91. The van der Waals surface area contributed by atoms with Crippen LogP contribution in [0, 0.1) is 5.92 Å². The summed E-state index contributed by atoms with van der Waals surface area (Å²) in [4.78, 5) is 55.3. The molecule has 2 amide bonds. The van der Waals surface area contributed by atoms with Crippen molar-refractivity contribution < 1.29 is 41.8 Å². The number of ether oxygens (including phenoxy) is 2. The SMILES string of the molecule is O=CNC(OC(=O)C(F)(F)F)(c1ccc2[nH]ncc2c1)C(NC(=O)C1CCCCC1)C(=O)OCCCNc1ccccn1. The standard InChI is InChI=1S/C28H31F3N6O6/c29-28(30,31)26(41)43-27(34-17-38,20-10-11-21-19(15-20)16-35-37-21)23(36-24(39)18-7-2-1-3-8-18)25(40)42-14-6-13-33-22-9-4-5-12-32-22/h4-5,9-12,15-18,23H,1-3,6-8,13-14H2,(H,32,33)(H,34,38)(H,35,37)(H,36,39). The number of fused-ring (bicyclic) bond motifs is 1. The number of halogens is 3. The highest BCUT2D eigenvalue weighted by molar-refractivity contribution is 5.89. The second kappa shape index (κ2) is 14.0. The van der Waals surface area contributed by atoms with E-state index in [2.05, 4.69) is 31.1 Å². The van der Waals surface area contributed by atoms with E-state index in [-0.39, 0.29) is 25.0 Å². The van der Waals surface area contributed by atoms with Crippen molar-refractivity contribution in [2.45, 2.75) is 56.5 Å². The number of alkyl halides is 3. The van der Waals surface area contributed by atoms with Crippen molar-refractivity contribution in [1.29, 1.82) is 0 Å². The van der Waals surface area contributed by atoms with Gasteiger partial charge in [0.15, 0.2) is 6.04 Å². The molecule has 1 aliphatic carbocycles. The molecule has 2 unspecified atom stereocenters. The average molecular weight is 605 g/mol. The molecule has 15 heteroatoms. The van der Waals surface area contributed by atoms with Crippen LogP contribution in [0.1, 0.15) is 44.1 Å². The van der Waals surface area contributed by atoms with E-state index in [0.29, 0.717) is 36.1 Å². The lowest BCUT2D eigenvalue weighted by molar-refractivity contribution is -0.223. The molecule has 0 saturated heterocycles. The maximum atomic E-state index is 13.6. The number of esters is 2. The van der Waals surface area contributed by atoms with Crippen molar-refractivity contribution in [3.63, 3.8) is 0 Å². The molecule has 2 atom stereocenters. The molecule has 0 radical (unpaired) electrons. The second-order valence-electron chi connectivity index (χ2n) is 10.00. The molecule has 0 bridgehead atoms. The van der Waals surface area contributed by atoms with Crippen LogP contribution in [0.25, 0.3) is 10.9 Å². The Balaban J connectivity index is 1.68. The Labute approximate surface area is 244 Å². The zero-order chi connectivity index (χ0) is 30.9. The number of H-pyrrole nitrogens is 1. The fraction of sp³-hybridized carbons (Fsp3) is 0.429. The highest BCUT2D eigenvalue weighted by atomic mass is 19.4. The van der Waals surface area contributed by atoms with Crippen LogP contribution in [0.3, 0.4) is 0 Å². The lowest BCUT2D eigenvalue weighted by Gasteiger charge is -2.39. The van der Waals surface area contributed by atoms with E-state index < -0.39 is 41.7 Å². The van der Waals surface area contributed by atoms with Crippen molar-refractivity contribution in [3.05, 3.63) is 54.4 Å². The number of rotatable bonds is 13. The third-order valence-electron chi connectivity index (χ3n) is 7.07. The minimum absolute atomic E-state index is 0.0208. The van der Waals surface area contributed by atoms with Gasteiger partial charge in [-0.15, -0.1) is 0 Å². The van der Waals surface area contributed by atoms with Gasteiger partial charge in [0.05, 0.1) is 18.3 Å². The van der Waals surface area contributed by atoms with Gasteiger partial charge < -0.3 is 25.4 Å². The van der Waals surface area contributed by atoms with Gasteiger partial charge in [0.25, 0.3) is 0 Å². The normalized spacial score (nSPS) is 16.0. The number of nitrogens with one attached hydrogen (secondary N) is 4. The molecular formula is C28H31F3N6O6. The number of anilines is 1. The number of amides is 2. The van der Waals surface area contributed by atoms with Crippen molar-refractivity contribution in [2.75, 3.05) is 18.5 Å². The summed E-state index contributed by atoms with van der Waals surface area (Å²) < 4.78 is 51.0. The van der Waals surface area contributed by atoms with Crippen LogP contribution in [0.5, 0.6) is 0 Å². The molecule has 4 rings (SSSR count). The molecule has 230 valence electrons. The zero-order valence-corrected chi connectivity index (χ0v) is 23.0. The zero-order valence-electron chi connectivity index (χ0n) is 23.0. The number of benzene rings is 1. The number of aromatic nitrogens is 3. The van der Waals surface area contributed by atoms with Gasteiger partial charge in [-0.1, -0.05) is 31.4 Å². The first-order chi connectivity index (χ1) is 20.6. The Bertz CT molecular complexity index is 1410. The Morgan fingerprint density at radius 3 is 2.60 bits per heavy atom. The summed E-state index contributed by atoms with van der Waals surface area (Å²) in [5.41, 5.74) is -2.61. The highest BCUT2D eigenvalue weighted by Gasteiger charge is 2.55. The van der Waals surface area contributed by atoms with Crippen molar-refractivity contribution in [2.24, 2.45) is 5.92 Å². The summed E-state index contributed by atoms with van der Waals surface area (Å²) >= 11 is 0. The first kappa shape index (κ1) is 31.3. The van der Waals surface area contributed by atoms with E-state index in [1.165, 1.54) is 24.4 Å². The minimum Gasteiger partial charge on any atom is -0.464 e. The number of hydrogen-bond donors (Lipinski definition) is 4. The van der Waals surface area contributed by atoms with Crippen LogP contribution < -0.4 is 16.0 Å². The summed E-state index contributed by atoms with van der Waals surface area (Å²) in [6, 6.07) is 7.09. The molecule has 1 fully saturated rings. The molecule has 1 saturated carbocycles. The van der Waals surface area contributed by atoms with Gasteiger partial charge in [0.1, 0.15) is 5.82 Å². The monoisotopic (exact) mass is 604 g/mol. The Morgan fingerprint density at radius 2 is 1.91 bits per heavy atom. The van der Waals surface area contributed by atoms with Gasteiger partial charge in [0.2, 0.25) is 18.0 Å². The summed E-state index contributed by atoms with van der Waals surface area (Å²) in [6.45, 7) is 0.0982. The topological polar surface area (TPSA) is 164 Å². The van der Waals surface area contributed by atoms with Gasteiger partial charge in [-0.25, -0.2) is 14.6 Å². The number of carbonyl (C=O) groups excluding carboxylic acids is 4. The Morgan fingerprint density at radius 1 is 1.12 bits per heavy atom. The molecule has 43 heavy (non-hydrogen) atoms. The Kier molecular flexibility index (Phi) is 10.2. The molecule has 3 aromatic rings. The van der Waals surface area contributed by atoms with Gasteiger partial charge in [-0.05, 0) is 43.5 Å². The van der Waals surface area contributed by atoms with Gasteiger partial charge >= 0.3 is 18.1 Å². The van der Waals surface area contributed by atoms with E-state index in [1.807, 2.05) is 0 Å². The molecule has 4 N–H and O–H groups in total. The summed E-state index contributed by atoms with van der Waals surface area (Å²) in [5, 5.41) is 14.5. The average Bonchev–Trinajstić information content (AvgIpc) is 3.48. The van der Waals surface area contributed by atoms with Crippen molar-refractivity contribution in [1.82, 2.24) is 25.8 Å². The number of pyridine rings is 1.